The summed E-state index contributed by atoms with van der Waals surface area (Å²) in [5.41, 5.74) is 4.67. The number of hydrogen-bond donors (Lipinski definition) is 0. The maximum atomic E-state index is 5.66. The van der Waals surface area contributed by atoms with Gasteiger partial charge in [0.1, 0.15) is 5.75 Å². The topological polar surface area (TPSA) is 9.23 Å². The van der Waals surface area contributed by atoms with Crippen molar-refractivity contribution in [3.8, 4) is 5.75 Å². The van der Waals surface area contributed by atoms with Gasteiger partial charge in [-0.1, -0.05) is 39.8 Å². The molecule has 1 aliphatic rings. The summed E-state index contributed by atoms with van der Waals surface area (Å²) in [5.74, 6) is 1.52. The van der Waals surface area contributed by atoms with Gasteiger partial charge in [-0.2, -0.15) is 0 Å². The molecular formula is C20H26O. The highest BCUT2D eigenvalue weighted by atomic mass is 16.5. The van der Waals surface area contributed by atoms with Crippen LogP contribution in [0.15, 0.2) is 24.3 Å². The Morgan fingerprint density at radius 2 is 1.90 bits per heavy atom. The summed E-state index contributed by atoms with van der Waals surface area (Å²) in [5, 5.41) is 2.75. The molecular weight excluding hydrogens is 256 g/mol. The molecule has 0 atom stereocenters. The van der Waals surface area contributed by atoms with Crippen molar-refractivity contribution in [2.24, 2.45) is 0 Å². The predicted octanol–water partition coefficient (Wildman–Crippen LogP) is 5.59. The molecule has 0 heterocycles. The van der Waals surface area contributed by atoms with Gasteiger partial charge >= 0.3 is 0 Å². The third-order valence-electron chi connectivity index (χ3n) is 5.06. The third kappa shape index (κ3) is 2.33. The van der Waals surface area contributed by atoms with Gasteiger partial charge in [-0.15, -0.1) is 0 Å². The average molecular weight is 282 g/mol. The molecule has 3 rings (SSSR count). The Labute approximate surface area is 128 Å². The van der Waals surface area contributed by atoms with Gasteiger partial charge < -0.3 is 4.74 Å². The van der Waals surface area contributed by atoms with Crippen molar-refractivity contribution >= 4 is 10.8 Å². The van der Waals surface area contributed by atoms with Crippen molar-refractivity contribution in [3.05, 3.63) is 41.0 Å². The van der Waals surface area contributed by atoms with Gasteiger partial charge in [0.25, 0.3) is 0 Å². The Bertz CT molecular complexity index is 680. The molecule has 0 aliphatic heterocycles. The van der Waals surface area contributed by atoms with Crippen LogP contribution in [0.25, 0.3) is 10.8 Å². The highest BCUT2D eigenvalue weighted by molar-refractivity contribution is 5.89. The Morgan fingerprint density at radius 3 is 2.57 bits per heavy atom. The summed E-state index contributed by atoms with van der Waals surface area (Å²) >= 11 is 0. The van der Waals surface area contributed by atoms with Gasteiger partial charge in [-0.05, 0) is 70.2 Å². The highest BCUT2D eigenvalue weighted by Crippen LogP contribution is 2.42. The fourth-order valence-corrected chi connectivity index (χ4v) is 3.81. The molecule has 2 aromatic rings. The van der Waals surface area contributed by atoms with Gasteiger partial charge in [-0.3, -0.25) is 0 Å². The number of fused-ring (bicyclic) bond motifs is 3. The Hall–Kier alpha value is -1.50. The zero-order valence-corrected chi connectivity index (χ0v) is 13.9. The maximum Gasteiger partial charge on any atom is 0.122 e. The van der Waals surface area contributed by atoms with Crippen molar-refractivity contribution in [3.63, 3.8) is 0 Å². The van der Waals surface area contributed by atoms with Crippen molar-refractivity contribution in [2.45, 2.75) is 58.3 Å². The standard InChI is InChI=1S/C20H26O/c1-13(2)16-11-14-8-9-18-15(7-6-10-20(18,3)4)17(14)12-19(16)21-5/h8-9,11-13H,6-7,10H2,1-5H3. The van der Waals surface area contributed by atoms with Crippen LogP contribution in [0.5, 0.6) is 5.75 Å². The molecule has 1 nitrogen and oxygen atoms in total. The van der Waals surface area contributed by atoms with E-state index in [0.717, 1.165) is 5.75 Å². The second kappa shape index (κ2) is 5.05. The number of rotatable bonds is 2. The fraction of sp³-hybridized carbons (Fsp3) is 0.500. The van der Waals surface area contributed by atoms with Crippen molar-refractivity contribution in [1.29, 1.82) is 0 Å². The van der Waals surface area contributed by atoms with Crippen LogP contribution in [-0.4, -0.2) is 7.11 Å². The Balaban J connectivity index is 2.29. The molecule has 21 heavy (non-hydrogen) atoms. The first-order valence-electron chi connectivity index (χ1n) is 8.08. The molecule has 0 saturated heterocycles. The van der Waals surface area contributed by atoms with Crippen molar-refractivity contribution < 1.29 is 4.74 Å². The summed E-state index contributed by atoms with van der Waals surface area (Å²) < 4.78 is 5.66. The second-order valence-corrected chi connectivity index (χ2v) is 7.30. The lowest BCUT2D eigenvalue weighted by molar-refractivity contribution is 0.408. The molecule has 1 aliphatic carbocycles. The first-order chi connectivity index (χ1) is 9.94. The molecule has 0 spiro atoms. The van der Waals surface area contributed by atoms with E-state index in [9.17, 15) is 0 Å². The van der Waals surface area contributed by atoms with Crippen LogP contribution in [0.3, 0.4) is 0 Å². The molecule has 2 aromatic carbocycles. The van der Waals surface area contributed by atoms with Gasteiger partial charge in [0.15, 0.2) is 0 Å². The highest BCUT2D eigenvalue weighted by Gasteiger charge is 2.28. The zero-order valence-electron chi connectivity index (χ0n) is 13.9. The first kappa shape index (κ1) is 14.4. The van der Waals surface area contributed by atoms with Crippen LogP contribution < -0.4 is 4.74 Å². The van der Waals surface area contributed by atoms with E-state index in [1.807, 2.05) is 0 Å². The minimum absolute atomic E-state index is 0.297. The predicted molar refractivity (Wildman–Crippen MR) is 90.6 cm³/mol. The number of hydrogen-bond acceptors (Lipinski definition) is 1. The first-order valence-corrected chi connectivity index (χ1v) is 8.08. The lowest BCUT2D eigenvalue weighted by atomic mass is 9.71. The minimum Gasteiger partial charge on any atom is -0.496 e. The van der Waals surface area contributed by atoms with Gasteiger partial charge in [0.05, 0.1) is 7.11 Å². The molecule has 0 aromatic heterocycles. The molecule has 0 radical (unpaired) electrons. The van der Waals surface area contributed by atoms with Crippen LogP contribution in [0.4, 0.5) is 0 Å². The monoisotopic (exact) mass is 282 g/mol. The largest absolute Gasteiger partial charge is 0.496 e. The molecule has 0 saturated carbocycles. The van der Waals surface area contributed by atoms with Crippen LogP contribution in [-0.2, 0) is 11.8 Å². The normalized spacial score (nSPS) is 17.0. The summed E-state index contributed by atoms with van der Waals surface area (Å²) in [4.78, 5) is 0. The van der Waals surface area contributed by atoms with Crippen LogP contribution in [0.1, 0.15) is 63.1 Å². The van der Waals surface area contributed by atoms with E-state index in [4.69, 9.17) is 4.74 Å². The second-order valence-electron chi connectivity index (χ2n) is 7.30. The Kier molecular flexibility index (Phi) is 3.47. The van der Waals surface area contributed by atoms with Crippen LogP contribution >= 0.6 is 0 Å². The van der Waals surface area contributed by atoms with Gasteiger partial charge in [0.2, 0.25) is 0 Å². The number of ether oxygens (including phenoxy) is 1. The van der Waals surface area contributed by atoms with Crippen molar-refractivity contribution in [1.82, 2.24) is 0 Å². The molecule has 112 valence electrons. The SMILES string of the molecule is COc1cc2c3c(ccc2cc1C(C)C)C(C)(C)CCC3. The molecule has 0 fully saturated rings. The van der Waals surface area contributed by atoms with Crippen LogP contribution in [0, 0.1) is 0 Å². The fourth-order valence-electron chi connectivity index (χ4n) is 3.81. The van der Waals surface area contributed by atoms with E-state index in [0.29, 0.717) is 11.3 Å². The summed E-state index contributed by atoms with van der Waals surface area (Å²) in [6.45, 7) is 9.20. The maximum absolute atomic E-state index is 5.66. The summed E-state index contributed by atoms with van der Waals surface area (Å²) in [6, 6.07) is 9.24. The lowest BCUT2D eigenvalue weighted by Crippen LogP contribution is -2.23. The molecule has 0 bridgehead atoms. The van der Waals surface area contributed by atoms with E-state index < -0.39 is 0 Å². The van der Waals surface area contributed by atoms with Gasteiger partial charge in [-0.25, -0.2) is 0 Å². The molecule has 1 heteroatoms. The van der Waals surface area contributed by atoms with Crippen LogP contribution in [0.2, 0.25) is 0 Å². The number of aryl methyl sites for hydroxylation is 1. The molecule has 0 unspecified atom stereocenters. The average Bonchev–Trinajstić information content (AvgIpc) is 2.45. The smallest absolute Gasteiger partial charge is 0.122 e. The third-order valence-corrected chi connectivity index (χ3v) is 5.06. The Morgan fingerprint density at radius 1 is 1.14 bits per heavy atom. The number of methoxy groups -OCH3 is 1. The van der Waals surface area contributed by atoms with E-state index >= 15 is 0 Å². The summed E-state index contributed by atoms with van der Waals surface area (Å²) in [7, 11) is 1.78. The van der Waals surface area contributed by atoms with E-state index in [-0.39, 0.29) is 0 Å². The zero-order chi connectivity index (χ0) is 15.2. The molecule has 0 N–H and O–H groups in total. The summed E-state index contributed by atoms with van der Waals surface area (Å²) in [6.07, 6.45) is 3.76. The van der Waals surface area contributed by atoms with E-state index in [1.165, 1.54) is 46.7 Å². The van der Waals surface area contributed by atoms with Crippen molar-refractivity contribution in [2.75, 3.05) is 7.11 Å². The van der Waals surface area contributed by atoms with E-state index in [2.05, 4.69) is 52.0 Å². The lowest BCUT2D eigenvalue weighted by Gasteiger charge is -2.33. The van der Waals surface area contributed by atoms with E-state index in [1.54, 1.807) is 7.11 Å². The van der Waals surface area contributed by atoms with Gasteiger partial charge in [0, 0.05) is 0 Å². The quantitative estimate of drug-likeness (QED) is 0.698. The molecule has 0 amide bonds. The minimum atomic E-state index is 0.297. The number of benzene rings is 2.